The van der Waals surface area contributed by atoms with E-state index < -0.39 is 0 Å². The maximum atomic E-state index is 13.0. The molecule has 1 aliphatic rings. The van der Waals surface area contributed by atoms with Crippen molar-refractivity contribution in [1.29, 1.82) is 0 Å². The van der Waals surface area contributed by atoms with E-state index in [9.17, 15) is 9.59 Å². The first-order valence-electron chi connectivity index (χ1n) is 8.70. The van der Waals surface area contributed by atoms with E-state index in [0.29, 0.717) is 24.6 Å². The number of benzene rings is 1. The van der Waals surface area contributed by atoms with E-state index in [4.69, 9.17) is 9.47 Å². The van der Waals surface area contributed by atoms with Gasteiger partial charge in [0.15, 0.2) is 0 Å². The van der Waals surface area contributed by atoms with E-state index in [1.165, 1.54) is 40.0 Å². The summed E-state index contributed by atoms with van der Waals surface area (Å²) in [6.45, 7) is 1.21. The van der Waals surface area contributed by atoms with Crippen LogP contribution < -0.4 is 0 Å². The highest BCUT2D eigenvalue weighted by Crippen LogP contribution is 2.39. The molecular formula is C20H23NO4S. The van der Waals surface area contributed by atoms with Crippen LogP contribution >= 0.6 is 11.3 Å². The van der Waals surface area contributed by atoms with Gasteiger partial charge in [0.05, 0.1) is 25.0 Å². The number of carbonyl (C=O) groups excluding carboxylic acids is 2. The molecule has 0 N–H and O–H groups in total. The Balaban J connectivity index is 1.82. The van der Waals surface area contributed by atoms with Crippen LogP contribution in [0.25, 0.3) is 10.4 Å². The molecule has 0 bridgehead atoms. The first-order valence-corrected chi connectivity index (χ1v) is 9.51. The van der Waals surface area contributed by atoms with Crippen LogP contribution in [0.1, 0.15) is 27.2 Å². The van der Waals surface area contributed by atoms with Gasteiger partial charge in [0.1, 0.15) is 0 Å². The third-order valence-electron chi connectivity index (χ3n) is 4.61. The summed E-state index contributed by atoms with van der Waals surface area (Å²) in [6.07, 6.45) is 2.14. The zero-order chi connectivity index (χ0) is 18.5. The molecule has 0 spiro atoms. The first kappa shape index (κ1) is 18.6. The summed E-state index contributed by atoms with van der Waals surface area (Å²) in [5.41, 5.74) is 3.80. The maximum absolute atomic E-state index is 13.0. The number of methoxy groups -OCH3 is 2. The minimum absolute atomic E-state index is 0.0529. The molecular weight excluding hydrogens is 350 g/mol. The molecule has 5 nitrogen and oxygen atoms in total. The average Bonchev–Trinajstić information content (AvgIpc) is 3.12. The summed E-state index contributed by atoms with van der Waals surface area (Å²) < 4.78 is 9.80. The molecule has 0 fully saturated rings. The average molecular weight is 373 g/mol. The number of nitrogens with zero attached hydrogens (tertiary/aromatic N) is 1. The van der Waals surface area contributed by atoms with Crippen LogP contribution in [0.15, 0.2) is 30.3 Å². The van der Waals surface area contributed by atoms with Crippen molar-refractivity contribution < 1.29 is 19.1 Å². The summed E-state index contributed by atoms with van der Waals surface area (Å²) >= 11 is 1.54. The minimum Gasteiger partial charge on any atom is -0.469 e. The molecule has 26 heavy (non-hydrogen) atoms. The number of esters is 1. The van der Waals surface area contributed by atoms with Crippen molar-refractivity contribution in [1.82, 2.24) is 4.90 Å². The van der Waals surface area contributed by atoms with E-state index in [1.54, 1.807) is 12.0 Å². The largest absolute Gasteiger partial charge is 0.469 e. The van der Waals surface area contributed by atoms with Crippen LogP contribution in [0.2, 0.25) is 0 Å². The van der Waals surface area contributed by atoms with Gasteiger partial charge in [-0.05, 0) is 35.6 Å². The van der Waals surface area contributed by atoms with E-state index in [0.717, 1.165) is 12.8 Å². The summed E-state index contributed by atoms with van der Waals surface area (Å²) in [4.78, 5) is 28.0. The smallest absolute Gasteiger partial charge is 0.307 e. The number of hydrogen-bond donors (Lipinski definition) is 0. The highest BCUT2D eigenvalue weighted by molar-refractivity contribution is 7.17. The Kier molecular flexibility index (Phi) is 6.06. The molecule has 1 aromatic heterocycles. The molecule has 0 unspecified atom stereocenters. The summed E-state index contributed by atoms with van der Waals surface area (Å²) in [6, 6.07) is 10.4. The molecule has 0 radical (unpaired) electrons. The second-order valence-corrected chi connectivity index (χ2v) is 7.29. The van der Waals surface area contributed by atoms with Crippen LogP contribution in [-0.2, 0) is 27.1 Å². The van der Waals surface area contributed by atoms with Crippen molar-refractivity contribution in [2.75, 3.05) is 33.9 Å². The topological polar surface area (TPSA) is 55.8 Å². The van der Waals surface area contributed by atoms with Gasteiger partial charge in [-0.1, -0.05) is 24.3 Å². The van der Waals surface area contributed by atoms with Gasteiger partial charge < -0.3 is 14.4 Å². The zero-order valence-electron chi connectivity index (χ0n) is 15.1. The number of ether oxygens (including phenoxy) is 2. The van der Waals surface area contributed by atoms with Crippen LogP contribution in [0.4, 0.5) is 0 Å². The lowest BCUT2D eigenvalue weighted by atomic mass is 9.91. The summed E-state index contributed by atoms with van der Waals surface area (Å²) in [5.74, 6) is -0.373. The van der Waals surface area contributed by atoms with Crippen LogP contribution in [0.3, 0.4) is 0 Å². The fourth-order valence-electron chi connectivity index (χ4n) is 3.18. The number of carbonyl (C=O) groups is 2. The lowest BCUT2D eigenvalue weighted by molar-refractivity contribution is -0.140. The quantitative estimate of drug-likeness (QED) is 0.700. The van der Waals surface area contributed by atoms with Gasteiger partial charge in [0.2, 0.25) is 0 Å². The normalized spacial score (nSPS) is 12.2. The number of amides is 1. The number of rotatable bonds is 7. The van der Waals surface area contributed by atoms with Gasteiger partial charge in [0, 0.05) is 25.1 Å². The lowest BCUT2D eigenvalue weighted by Crippen LogP contribution is -2.35. The molecule has 1 aromatic carbocycles. The molecule has 1 heterocycles. The molecule has 2 aromatic rings. The monoisotopic (exact) mass is 373 g/mol. The summed E-state index contributed by atoms with van der Waals surface area (Å²) in [7, 11) is 2.96. The molecule has 138 valence electrons. The Labute approximate surface area is 157 Å². The molecule has 0 aliphatic heterocycles. The third-order valence-corrected chi connectivity index (χ3v) is 5.81. The number of thiophene rings is 1. The Hall–Kier alpha value is -2.18. The van der Waals surface area contributed by atoms with Crippen molar-refractivity contribution in [3.05, 3.63) is 46.3 Å². The van der Waals surface area contributed by atoms with Crippen LogP contribution in [0.5, 0.6) is 0 Å². The fourth-order valence-corrected chi connectivity index (χ4v) is 4.42. The van der Waals surface area contributed by atoms with Gasteiger partial charge in [-0.2, -0.15) is 0 Å². The second kappa shape index (κ2) is 8.47. The van der Waals surface area contributed by atoms with Crippen LogP contribution in [0, 0.1) is 0 Å². The number of aryl methyl sites for hydroxylation is 2. The highest BCUT2D eigenvalue weighted by Gasteiger charge is 2.24. The minimum atomic E-state index is -0.320. The summed E-state index contributed by atoms with van der Waals surface area (Å²) in [5, 5.41) is 0. The number of fused-ring (bicyclic) bond motifs is 3. The predicted octanol–water partition coefficient (Wildman–Crippen LogP) is 3.17. The predicted molar refractivity (Wildman–Crippen MR) is 102 cm³/mol. The molecule has 1 aliphatic carbocycles. The fraction of sp³-hybridized carbons (Fsp3) is 0.400. The second-order valence-electron chi connectivity index (χ2n) is 6.23. The molecule has 6 heteroatoms. The SMILES string of the molecule is COCCN(CCC(=O)OC)C(=O)c1cc2c(s1)-c1ccccc1CC2. The molecule has 1 amide bonds. The van der Waals surface area contributed by atoms with E-state index in [2.05, 4.69) is 18.2 Å². The molecule has 0 saturated heterocycles. The van der Waals surface area contributed by atoms with Gasteiger partial charge in [-0.15, -0.1) is 11.3 Å². The molecule has 3 rings (SSSR count). The van der Waals surface area contributed by atoms with Crippen molar-refractivity contribution >= 4 is 23.2 Å². The Morgan fingerprint density at radius 1 is 1.12 bits per heavy atom. The van der Waals surface area contributed by atoms with Gasteiger partial charge in [-0.25, -0.2) is 0 Å². The zero-order valence-corrected chi connectivity index (χ0v) is 15.9. The third kappa shape index (κ3) is 3.97. The van der Waals surface area contributed by atoms with Gasteiger partial charge >= 0.3 is 5.97 Å². The van der Waals surface area contributed by atoms with E-state index >= 15 is 0 Å². The van der Waals surface area contributed by atoms with Crippen molar-refractivity contribution in [2.24, 2.45) is 0 Å². The van der Waals surface area contributed by atoms with E-state index in [-0.39, 0.29) is 18.3 Å². The van der Waals surface area contributed by atoms with Crippen molar-refractivity contribution in [3.63, 3.8) is 0 Å². The lowest BCUT2D eigenvalue weighted by Gasteiger charge is -2.21. The Morgan fingerprint density at radius 2 is 1.88 bits per heavy atom. The van der Waals surface area contributed by atoms with Crippen molar-refractivity contribution in [2.45, 2.75) is 19.3 Å². The first-order chi connectivity index (χ1) is 12.6. The van der Waals surface area contributed by atoms with E-state index in [1.807, 2.05) is 12.1 Å². The molecule has 0 atom stereocenters. The van der Waals surface area contributed by atoms with Crippen molar-refractivity contribution in [3.8, 4) is 10.4 Å². The standard InChI is InChI=1S/C20H23NO4S/c1-24-12-11-21(10-9-18(22)25-2)20(23)17-13-15-8-7-14-5-3-4-6-16(14)19(15)26-17/h3-6,13H,7-12H2,1-2H3. The van der Waals surface area contributed by atoms with Gasteiger partial charge in [-0.3, -0.25) is 9.59 Å². The van der Waals surface area contributed by atoms with Gasteiger partial charge in [0.25, 0.3) is 5.91 Å². The van der Waals surface area contributed by atoms with Crippen LogP contribution in [-0.4, -0.2) is 50.7 Å². The maximum Gasteiger partial charge on any atom is 0.307 e. The molecule has 0 saturated carbocycles. The number of hydrogen-bond acceptors (Lipinski definition) is 5. The Bertz CT molecular complexity index is 799. The Morgan fingerprint density at radius 3 is 2.65 bits per heavy atom. The highest BCUT2D eigenvalue weighted by atomic mass is 32.1.